The molecule has 0 saturated heterocycles. The molecule has 0 heterocycles. The van der Waals surface area contributed by atoms with Crippen molar-refractivity contribution in [2.24, 2.45) is 0 Å². The molecule has 2 atom stereocenters. The number of hydrogen-bond donors (Lipinski definition) is 2. The summed E-state index contributed by atoms with van der Waals surface area (Å²) in [6.45, 7) is 5.95. The number of carbonyl (C=O) groups excluding carboxylic acids is 2. The maximum absolute atomic E-state index is 12.0. The molecule has 0 radical (unpaired) electrons. The van der Waals surface area contributed by atoms with Crippen LogP contribution in [0.25, 0.3) is 0 Å². The van der Waals surface area contributed by atoms with E-state index in [9.17, 15) is 19.5 Å². The molecule has 31 heavy (non-hydrogen) atoms. The van der Waals surface area contributed by atoms with Gasteiger partial charge < -0.3 is 15.2 Å². The monoisotopic (exact) mass is 441 g/mol. The lowest BCUT2D eigenvalue weighted by Gasteiger charge is -2.15. The molecule has 0 spiro atoms. The van der Waals surface area contributed by atoms with E-state index in [4.69, 9.17) is 4.74 Å². The van der Waals surface area contributed by atoms with Gasteiger partial charge in [0.05, 0.1) is 6.10 Å². The molecule has 1 amide bonds. The fraction of sp³-hybridized carbons (Fsp3) is 0.880. The van der Waals surface area contributed by atoms with Gasteiger partial charge in [-0.25, -0.2) is 4.79 Å². The standard InChI is InChI=1S/C25H47NO5/c1-4-6-7-8-9-10-11-12-13-14-15-16-17-18-23(27)26-22(25(29)30)19-20-24(28)31-21(3)5-2/h21-22H,4-20H2,1-3H3,(H,26,27)(H,29,30)/t21?,22-/m0/s1. The molecule has 0 saturated carbocycles. The Kier molecular flexibility index (Phi) is 19.3. The third-order valence-corrected chi connectivity index (χ3v) is 5.69. The maximum Gasteiger partial charge on any atom is 0.326 e. The molecule has 182 valence electrons. The Morgan fingerprint density at radius 3 is 1.71 bits per heavy atom. The highest BCUT2D eigenvalue weighted by molar-refractivity contribution is 5.84. The van der Waals surface area contributed by atoms with Gasteiger partial charge in [0.15, 0.2) is 0 Å². The minimum absolute atomic E-state index is 0.0136. The first-order chi connectivity index (χ1) is 14.9. The molecule has 0 aliphatic carbocycles. The maximum atomic E-state index is 12.0. The number of aliphatic carboxylic acids is 1. The third kappa shape index (κ3) is 18.9. The van der Waals surface area contributed by atoms with Gasteiger partial charge in [0.1, 0.15) is 6.04 Å². The van der Waals surface area contributed by atoms with E-state index in [1.807, 2.05) is 6.92 Å². The number of esters is 1. The molecule has 6 heteroatoms. The quantitative estimate of drug-likeness (QED) is 0.164. The summed E-state index contributed by atoms with van der Waals surface area (Å²) in [7, 11) is 0. The predicted molar refractivity (Wildman–Crippen MR) is 125 cm³/mol. The number of carbonyl (C=O) groups is 3. The van der Waals surface area contributed by atoms with E-state index >= 15 is 0 Å². The van der Waals surface area contributed by atoms with E-state index in [1.54, 1.807) is 6.92 Å². The average Bonchev–Trinajstić information content (AvgIpc) is 2.74. The number of ether oxygens (including phenoxy) is 1. The first-order valence-corrected chi connectivity index (χ1v) is 12.6. The second kappa shape index (κ2) is 20.3. The molecule has 0 fully saturated rings. The molecule has 0 aliphatic rings. The Morgan fingerprint density at radius 2 is 1.26 bits per heavy atom. The van der Waals surface area contributed by atoms with Gasteiger partial charge in [-0.1, -0.05) is 90.9 Å². The summed E-state index contributed by atoms with van der Waals surface area (Å²) in [6.07, 6.45) is 17.0. The van der Waals surface area contributed by atoms with Crippen molar-refractivity contribution < 1.29 is 24.2 Å². The molecule has 0 rings (SSSR count). The van der Waals surface area contributed by atoms with Crippen molar-refractivity contribution in [3.05, 3.63) is 0 Å². The Morgan fingerprint density at radius 1 is 0.774 bits per heavy atom. The van der Waals surface area contributed by atoms with Crippen molar-refractivity contribution in [3.8, 4) is 0 Å². The molecule has 0 aromatic heterocycles. The summed E-state index contributed by atoms with van der Waals surface area (Å²) in [5.74, 6) is -1.80. The van der Waals surface area contributed by atoms with E-state index in [-0.39, 0.29) is 24.9 Å². The zero-order chi connectivity index (χ0) is 23.3. The van der Waals surface area contributed by atoms with Crippen molar-refractivity contribution >= 4 is 17.8 Å². The van der Waals surface area contributed by atoms with Crippen molar-refractivity contribution in [2.45, 2.75) is 142 Å². The van der Waals surface area contributed by atoms with Gasteiger partial charge in [0.2, 0.25) is 5.91 Å². The Labute approximate surface area is 189 Å². The molecule has 0 aliphatic heterocycles. The molecule has 0 aromatic carbocycles. The SMILES string of the molecule is CCCCCCCCCCCCCCCC(=O)N[C@@H](CCC(=O)OC(C)CC)C(=O)O. The number of carboxylic acid groups (broad SMARTS) is 1. The van der Waals surface area contributed by atoms with Crippen LogP contribution >= 0.6 is 0 Å². The second-order valence-electron chi connectivity index (χ2n) is 8.70. The Hall–Kier alpha value is -1.59. The van der Waals surface area contributed by atoms with Crippen LogP contribution in [0.15, 0.2) is 0 Å². The molecule has 2 N–H and O–H groups in total. The van der Waals surface area contributed by atoms with Crippen LogP contribution in [0.4, 0.5) is 0 Å². The van der Waals surface area contributed by atoms with Gasteiger partial charge in [-0.2, -0.15) is 0 Å². The smallest absolute Gasteiger partial charge is 0.326 e. The van der Waals surface area contributed by atoms with Gasteiger partial charge in [0.25, 0.3) is 0 Å². The van der Waals surface area contributed by atoms with E-state index in [2.05, 4.69) is 12.2 Å². The predicted octanol–water partition coefficient (Wildman–Crippen LogP) is 6.16. The first-order valence-electron chi connectivity index (χ1n) is 12.6. The van der Waals surface area contributed by atoms with Crippen LogP contribution in [-0.4, -0.2) is 35.1 Å². The number of unbranched alkanes of at least 4 members (excludes halogenated alkanes) is 12. The molecular weight excluding hydrogens is 394 g/mol. The van der Waals surface area contributed by atoms with Crippen LogP contribution in [0.5, 0.6) is 0 Å². The second-order valence-corrected chi connectivity index (χ2v) is 8.70. The van der Waals surface area contributed by atoms with Crippen molar-refractivity contribution in [3.63, 3.8) is 0 Å². The summed E-state index contributed by atoms with van der Waals surface area (Å²) < 4.78 is 5.14. The van der Waals surface area contributed by atoms with Crippen molar-refractivity contribution in [2.75, 3.05) is 0 Å². The molecular formula is C25H47NO5. The van der Waals surface area contributed by atoms with Crippen LogP contribution in [0.3, 0.4) is 0 Å². The van der Waals surface area contributed by atoms with E-state index in [0.29, 0.717) is 12.8 Å². The first kappa shape index (κ1) is 29.4. The average molecular weight is 442 g/mol. The summed E-state index contributed by atoms with van der Waals surface area (Å²) in [4.78, 5) is 35.1. The minimum atomic E-state index is -1.12. The highest BCUT2D eigenvalue weighted by Crippen LogP contribution is 2.13. The highest BCUT2D eigenvalue weighted by Gasteiger charge is 2.21. The summed E-state index contributed by atoms with van der Waals surface area (Å²) in [5.41, 5.74) is 0. The fourth-order valence-electron chi connectivity index (χ4n) is 3.46. The normalized spacial score (nSPS) is 12.9. The zero-order valence-corrected chi connectivity index (χ0v) is 20.3. The zero-order valence-electron chi connectivity index (χ0n) is 20.3. The number of rotatable bonds is 21. The lowest BCUT2D eigenvalue weighted by molar-refractivity contribution is -0.149. The summed E-state index contributed by atoms with van der Waals surface area (Å²) in [5, 5.41) is 11.8. The number of hydrogen-bond acceptors (Lipinski definition) is 4. The topological polar surface area (TPSA) is 92.7 Å². The molecule has 0 bridgehead atoms. The third-order valence-electron chi connectivity index (χ3n) is 5.69. The highest BCUT2D eigenvalue weighted by atomic mass is 16.5. The number of carboxylic acids is 1. The lowest BCUT2D eigenvalue weighted by atomic mass is 10.0. The summed E-state index contributed by atoms with van der Waals surface area (Å²) in [6, 6.07) is -1.04. The van der Waals surface area contributed by atoms with Crippen LogP contribution in [0, 0.1) is 0 Å². The Bertz CT molecular complexity index is 481. The molecule has 0 aromatic rings. The fourth-order valence-corrected chi connectivity index (χ4v) is 3.46. The van der Waals surface area contributed by atoms with Crippen molar-refractivity contribution in [1.29, 1.82) is 0 Å². The minimum Gasteiger partial charge on any atom is -0.480 e. The van der Waals surface area contributed by atoms with E-state index < -0.39 is 18.0 Å². The number of amides is 1. The van der Waals surface area contributed by atoms with E-state index in [1.165, 1.54) is 64.2 Å². The van der Waals surface area contributed by atoms with Gasteiger partial charge in [-0.3, -0.25) is 9.59 Å². The summed E-state index contributed by atoms with van der Waals surface area (Å²) >= 11 is 0. The van der Waals surface area contributed by atoms with Crippen LogP contribution in [0.2, 0.25) is 0 Å². The van der Waals surface area contributed by atoms with Gasteiger partial charge in [-0.15, -0.1) is 0 Å². The lowest BCUT2D eigenvalue weighted by Crippen LogP contribution is -2.41. The van der Waals surface area contributed by atoms with Gasteiger partial charge >= 0.3 is 11.9 Å². The van der Waals surface area contributed by atoms with Gasteiger partial charge in [-0.05, 0) is 26.2 Å². The molecule has 6 nitrogen and oxygen atoms in total. The van der Waals surface area contributed by atoms with Crippen LogP contribution in [-0.2, 0) is 19.1 Å². The van der Waals surface area contributed by atoms with Gasteiger partial charge in [0, 0.05) is 12.8 Å². The molecule has 1 unspecified atom stereocenters. The number of nitrogens with one attached hydrogen (secondary N) is 1. The van der Waals surface area contributed by atoms with Crippen molar-refractivity contribution in [1.82, 2.24) is 5.32 Å². The largest absolute Gasteiger partial charge is 0.480 e. The Balaban J connectivity index is 3.72. The van der Waals surface area contributed by atoms with E-state index in [0.717, 1.165) is 19.3 Å². The van der Waals surface area contributed by atoms with Crippen LogP contribution in [0.1, 0.15) is 130 Å². The van der Waals surface area contributed by atoms with Crippen LogP contribution < -0.4 is 5.32 Å².